The van der Waals surface area contributed by atoms with E-state index in [2.05, 4.69) is 15.3 Å². The van der Waals surface area contributed by atoms with Crippen LogP contribution in [0.25, 0.3) is 10.2 Å². The molecule has 10 heteroatoms. The van der Waals surface area contributed by atoms with Gasteiger partial charge >= 0.3 is 6.18 Å². The van der Waals surface area contributed by atoms with E-state index >= 15 is 0 Å². The quantitative estimate of drug-likeness (QED) is 0.403. The number of carbonyl (C=O) groups is 1. The molecule has 176 valence electrons. The number of nitrogens with zero attached hydrogens (tertiary/aromatic N) is 2. The molecule has 4 rings (SSSR count). The van der Waals surface area contributed by atoms with E-state index in [0.29, 0.717) is 16.1 Å². The third kappa shape index (κ3) is 4.81. The normalized spacial score (nSPS) is 15.7. The first-order valence-electron chi connectivity index (χ1n) is 10.7. The molecule has 6 nitrogen and oxygen atoms in total. The number of halogens is 3. The summed E-state index contributed by atoms with van der Waals surface area (Å²) in [5, 5.41) is 25.1. The number of rotatable bonds is 4. The summed E-state index contributed by atoms with van der Waals surface area (Å²) in [6.07, 6.45) is 0.760. The number of benzene rings is 1. The van der Waals surface area contributed by atoms with Gasteiger partial charge in [0.2, 0.25) is 0 Å². The van der Waals surface area contributed by atoms with Gasteiger partial charge < -0.3 is 15.5 Å². The van der Waals surface area contributed by atoms with Crippen molar-refractivity contribution >= 4 is 33.1 Å². The number of nitrogens with one attached hydrogen (secondary N) is 1. The molecule has 1 aliphatic rings. The summed E-state index contributed by atoms with van der Waals surface area (Å²) >= 11 is 1.33. The highest BCUT2D eigenvalue weighted by atomic mass is 32.1. The predicted molar refractivity (Wildman–Crippen MR) is 120 cm³/mol. The second kappa shape index (κ2) is 8.57. The van der Waals surface area contributed by atoms with Crippen molar-refractivity contribution < 1.29 is 28.2 Å². The lowest BCUT2D eigenvalue weighted by Crippen LogP contribution is -2.22. The minimum Gasteiger partial charge on any atom is -0.504 e. The van der Waals surface area contributed by atoms with Gasteiger partial charge in [0.25, 0.3) is 5.91 Å². The largest absolute Gasteiger partial charge is 0.504 e. The maximum Gasteiger partial charge on any atom is 0.433 e. The summed E-state index contributed by atoms with van der Waals surface area (Å²) in [4.78, 5) is 20.9. The molecule has 0 bridgehead atoms. The number of aliphatic hydroxyl groups is 1. The maximum atomic E-state index is 13.0. The Morgan fingerprint density at radius 3 is 2.48 bits per heavy atom. The summed E-state index contributed by atoms with van der Waals surface area (Å²) < 4.78 is 39.5. The number of hydrogen-bond acceptors (Lipinski definition) is 6. The maximum absolute atomic E-state index is 13.0. The Labute approximate surface area is 192 Å². The molecule has 1 aliphatic carbocycles. The highest BCUT2D eigenvalue weighted by molar-refractivity contribution is 7.19. The SMILES string of the molecule is CC(C)(O)c1cc2nc(C3CCCCC3)sc2c(O)c1NC(=O)c1cccc(C(F)(F)F)n1. The molecule has 0 atom stereocenters. The van der Waals surface area contributed by atoms with Crippen LogP contribution in [0.4, 0.5) is 18.9 Å². The Bertz CT molecular complexity index is 1200. The first kappa shape index (κ1) is 23.4. The number of alkyl halides is 3. The van der Waals surface area contributed by atoms with Gasteiger partial charge in [-0.3, -0.25) is 4.79 Å². The van der Waals surface area contributed by atoms with Crippen LogP contribution in [0.1, 0.15) is 78.6 Å². The topological polar surface area (TPSA) is 95.3 Å². The highest BCUT2D eigenvalue weighted by Gasteiger charge is 2.33. The van der Waals surface area contributed by atoms with E-state index in [4.69, 9.17) is 0 Å². The molecular weight excluding hydrogens is 455 g/mol. The number of pyridine rings is 1. The zero-order valence-corrected chi connectivity index (χ0v) is 19.0. The lowest BCUT2D eigenvalue weighted by Gasteiger charge is -2.23. The molecule has 2 heterocycles. The van der Waals surface area contributed by atoms with Crippen molar-refractivity contribution in [3.63, 3.8) is 0 Å². The number of aromatic hydroxyl groups is 1. The van der Waals surface area contributed by atoms with Crippen LogP contribution >= 0.6 is 11.3 Å². The van der Waals surface area contributed by atoms with E-state index in [9.17, 15) is 28.2 Å². The number of amides is 1. The van der Waals surface area contributed by atoms with Gasteiger partial charge in [-0.1, -0.05) is 25.3 Å². The van der Waals surface area contributed by atoms with E-state index in [1.54, 1.807) is 6.07 Å². The average Bonchev–Trinajstić information content (AvgIpc) is 3.19. The van der Waals surface area contributed by atoms with Crippen LogP contribution in [0, 0.1) is 0 Å². The molecule has 1 aromatic carbocycles. The summed E-state index contributed by atoms with van der Waals surface area (Å²) in [6, 6.07) is 4.61. The Kier molecular flexibility index (Phi) is 6.09. The third-order valence-corrected chi connectivity index (χ3v) is 7.04. The molecule has 1 amide bonds. The van der Waals surface area contributed by atoms with Crippen molar-refractivity contribution in [2.45, 2.75) is 63.6 Å². The number of carbonyl (C=O) groups excluding carboxylic acids is 1. The number of hydrogen-bond donors (Lipinski definition) is 3. The van der Waals surface area contributed by atoms with Gasteiger partial charge in [0, 0.05) is 11.5 Å². The first-order valence-corrected chi connectivity index (χ1v) is 11.5. The summed E-state index contributed by atoms with van der Waals surface area (Å²) in [7, 11) is 0. The van der Waals surface area contributed by atoms with Gasteiger partial charge in [-0.25, -0.2) is 9.97 Å². The van der Waals surface area contributed by atoms with Crippen molar-refractivity contribution in [1.29, 1.82) is 0 Å². The van der Waals surface area contributed by atoms with Crippen LogP contribution in [0.5, 0.6) is 5.75 Å². The summed E-state index contributed by atoms with van der Waals surface area (Å²) in [6.45, 7) is 2.97. The van der Waals surface area contributed by atoms with Crippen LogP contribution in [-0.2, 0) is 11.8 Å². The van der Waals surface area contributed by atoms with Crippen molar-refractivity contribution in [2.75, 3.05) is 5.32 Å². The molecular formula is C23H24F3N3O3S. The van der Waals surface area contributed by atoms with Crippen molar-refractivity contribution in [3.05, 3.63) is 46.2 Å². The Hall–Kier alpha value is -2.72. The zero-order chi connectivity index (χ0) is 24.0. The molecule has 33 heavy (non-hydrogen) atoms. The molecule has 0 spiro atoms. The third-order valence-electron chi connectivity index (χ3n) is 5.80. The number of fused-ring (bicyclic) bond motifs is 1. The van der Waals surface area contributed by atoms with Crippen LogP contribution in [0.15, 0.2) is 24.3 Å². The van der Waals surface area contributed by atoms with Crippen LogP contribution < -0.4 is 5.32 Å². The Morgan fingerprint density at radius 1 is 1.15 bits per heavy atom. The lowest BCUT2D eigenvalue weighted by atomic mass is 9.90. The number of phenolic OH excluding ortho intramolecular Hbond substituents is 1. The van der Waals surface area contributed by atoms with E-state index in [1.807, 2.05) is 0 Å². The molecule has 1 saturated carbocycles. The summed E-state index contributed by atoms with van der Waals surface area (Å²) in [5.74, 6) is -0.906. The molecule has 2 aromatic heterocycles. The molecule has 3 aromatic rings. The Balaban J connectivity index is 1.75. The monoisotopic (exact) mass is 479 g/mol. The molecule has 0 radical (unpaired) electrons. The molecule has 0 unspecified atom stereocenters. The number of aromatic nitrogens is 2. The minimum atomic E-state index is -4.70. The number of thiazole rings is 1. The number of phenols is 1. The van der Waals surface area contributed by atoms with Crippen molar-refractivity contribution in [2.24, 2.45) is 0 Å². The average molecular weight is 480 g/mol. The fraction of sp³-hybridized carbons (Fsp3) is 0.435. The lowest BCUT2D eigenvalue weighted by molar-refractivity contribution is -0.141. The van der Waals surface area contributed by atoms with Gasteiger partial charge in [0.1, 0.15) is 11.4 Å². The Morgan fingerprint density at radius 2 is 1.85 bits per heavy atom. The predicted octanol–water partition coefficient (Wildman–Crippen LogP) is 5.94. The first-order chi connectivity index (χ1) is 15.4. The van der Waals surface area contributed by atoms with Crippen LogP contribution in [0.2, 0.25) is 0 Å². The second-order valence-corrected chi connectivity index (χ2v) is 9.83. The smallest absolute Gasteiger partial charge is 0.433 e. The van der Waals surface area contributed by atoms with Crippen molar-refractivity contribution in [3.8, 4) is 5.75 Å². The van der Waals surface area contributed by atoms with E-state index in [0.717, 1.165) is 48.9 Å². The molecule has 0 saturated heterocycles. The zero-order valence-electron chi connectivity index (χ0n) is 18.2. The summed E-state index contributed by atoms with van der Waals surface area (Å²) in [5.41, 5.74) is -2.49. The van der Waals surface area contributed by atoms with Gasteiger partial charge in [0.05, 0.1) is 26.5 Å². The fourth-order valence-electron chi connectivity index (χ4n) is 4.10. The fourth-order valence-corrected chi connectivity index (χ4v) is 5.26. The molecule has 0 aliphatic heterocycles. The number of anilines is 1. The minimum absolute atomic E-state index is 0.0712. The van der Waals surface area contributed by atoms with Gasteiger partial charge in [-0.05, 0) is 44.9 Å². The van der Waals surface area contributed by atoms with Gasteiger partial charge in [-0.15, -0.1) is 11.3 Å². The van der Waals surface area contributed by atoms with E-state index < -0.39 is 29.1 Å². The second-order valence-electron chi connectivity index (χ2n) is 8.80. The van der Waals surface area contributed by atoms with Crippen LogP contribution in [-0.4, -0.2) is 26.1 Å². The standard InChI is InChI=1S/C23H24F3N3O3S/c1-22(2,32)13-11-15-19(33-21(28-15)12-7-4-3-5-8-12)18(30)17(13)29-20(31)14-9-6-10-16(27-14)23(24,25)26/h6,9-12,30,32H,3-5,7-8H2,1-2H3,(H,29,31). The van der Waals surface area contributed by atoms with Gasteiger partial charge in [-0.2, -0.15) is 13.2 Å². The molecule has 3 N–H and O–H groups in total. The van der Waals surface area contributed by atoms with E-state index in [1.165, 1.54) is 31.6 Å². The highest BCUT2D eigenvalue weighted by Crippen LogP contribution is 2.45. The van der Waals surface area contributed by atoms with Crippen molar-refractivity contribution in [1.82, 2.24) is 9.97 Å². The van der Waals surface area contributed by atoms with Gasteiger partial charge in [0.15, 0.2) is 5.75 Å². The van der Waals surface area contributed by atoms with E-state index in [-0.39, 0.29) is 17.0 Å². The van der Waals surface area contributed by atoms with Crippen LogP contribution in [0.3, 0.4) is 0 Å². The molecule has 1 fully saturated rings.